The van der Waals surface area contributed by atoms with Gasteiger partial charge < -0.3 is 24.6 Å². The number of hydrogen-bond acceptors (Lipinski definition) is 8. The van der Waals surface area contributed by atoms with Crippen molar-refractivity contribution >= 4 is 58.6 Å². The molecular formula is C31H40Cl2N6O4S. The van der Waals surface area contributed by atoms with Gasteiger partial charge in [-0.05, 0) is 68.5 Å². The van der Waals surface area contributed by atoms with Crippen LogP contribution in [0.2, 0.25) is 10.0 Å². The Bertz CT molecular complexity index is 1360. The molecule has 0 bridgehead atoms. The Morgan fingerprint density at radius 2 is 1.80 bits per heavy atom. The lowest BCUT2D eigenvalue weighted by Gasteiger charge is -2.57. The predicted molar refractivity (Wildman–Crippen MR) is 172 cm³/mol. The van der Waals surface area contributed by atoms with Crippen LogP contribution in [0.15, 0.2) is 29.6 Å². The Hall–Kier alpha value is -2.41. The highest BCUT2D eigenvalue weighted by atomic mass is 35.5. The zero-order valence-corrected chi connectivity index (χ0v) is 27.4. The lowest BCUT2D eigenvalue weighted by molar-refractivity contribution is -0.130. The van der Waals surface area contributed by atoms with Crippen LogP contribution in [0.1, 0.15) is 42.5 Å². The van der Waals surface area contributed by atoms with Gasteiger partial charge in [0, 0.05) is 62.5 Å². The van der Waals surface area contributed by atoms with Crippen LogP contribution in [0, 0.1) is 0 Å². The maximum Gasteiger partial charge on any atom is 0.411 e. The van der Waals surface area contributed by atoms with Gasteiger partial charge >= 0.3 is 12.1 Å². The minimum Gasteiger partial charge on any atom is -0.444 e. The number of halogens is 2. The van der Waals surface area contributed by atoms with Gasteiger partial charge in [-0.1, -0.05) is 29.3 Å². The molecule has 6 rings (SSSR count). The maximum atomic E-state index is 13.9. The van der Waals surface area contributed by atoms with E-state index in [9.17, 15) is 14.4 Å². The molecule has 0 aliphatic carbocycles. The van der Waals surface area contributed by atoms with E-state index in [0.29, 0.717) is 42.0 Å². The van der Waals surface area contributed by atoms with E-state index in [2.05, 4.69) is 27.1 Å². The molecule has 1 aromatic heterocycles. The van der Waals surface area contributed by atoms with Crippen molar-refractivity contribution in [3.8, 4) is 0 Å². The Balaban J connectivity index is 1.23. The van der Waals surface area contributed by atoms with E-state index in [1.165, 1.54) is 0 Å². The first-order chi connectivity index (χ1) is 21.3. The summed E-state index contributed by atoms with van der Waals surface area (Å²) in [5.74, 6) is 0. The number of nitrogens with one attached hydrogen (secondary N) is 1. The smallest absolute Gasteiger partial charge is 0.411 e. The molecule has 0 spiro atoms. The number of likely N-dealkylation sites (tertiary alicyclic amines) is 2. The highest BCUT2D eigenvalue weighted by Gasteiger charge is 2.52. The standard InChI is InChI=1S/C31H40Cl2N6O4S/c1-35-9-4-23(5-10-35)36-12-14-37(15-13-36)31(8-16-40)19-24(38-20-28-27(7-17-44-28)34-29(38)41)6-11-39(31)30(42)43-21-22-2-3-25(32)26(33)18-22/h2-3,7,16-18,23-24H,4-6,8-15,19-21H2,1H3,(H,34,41)/t24-,31+/m1/s1. The van der Waals surface area contributed by atoms with Crippen molar-refractivity contribution in [3.05, 3.63) is 50.1 Å². The van der Waals surface area contributed by atoms with Gasteiger partial charge in [-0.15, -0.1) is 11.3 Å². The van der Waals surface area contributed by atoms with Crippen molar-refractivity contribution in [1.82, 2.24) is 24.5 Å². The molecule has 13 heteroatoms. The number of piperidine rings is 2. The molecule has 4 aliphatic heterocycles. The quantitative estimate of drug-likeness (QED) is 0.408. The van der Waals surface area contributed by atoms with Gasteiger partial charge in [-0.3, -0.25) is 14.7 Å². The van der Waals surface area contributed by atoms with Crippen molar-refractivity contribution < 1.29 is 19.1 Å². The number of carbonyl (C=O) groups is 3. The van der Waals surface area contributed by atoms with Crippen molar-refractivity contribution in [2.45, 2.75) is 63.0 Å². The second-order valence-corrected chi connectivity index (χ2v) is 14.1. The number of piperazine rings is 1. The minimum atomic E-state index is -0.908. The summed E-state index contributed by atoms with van der Waals surface area (Å²) < 4.78 is 5.86. The van der Waals surface area contributed by atoms with Crippen LogP contribution >= 0.6 is 34.5 Å². The van der Waals surface area contributed by atoms with Gasteiger partial charge in [-0.25, -0.2) is 9.59 Å². The number of nitrogens with zero attached hydrogens (tertiary/aromatic N) is 5. The highest BCUT2D eigenvalue weighted by Crippen LogP contribution is 2.40. The normalized spacial score (nSPS) is 25.9. The van der Waals surface area contributed by atoms with E-state index >= 15 is 0 Å². The molecule has 44 heavy (non-hydrogen) atoms. The van der Waals surface area contributed by atoms with Gasteiger partial charge in [0.1, 0.15) is 18.6 Å². The molecule has 0 saturated carbocycles. The first-order valence-electron chi connectivity index (χ1n) is 15.4. The number of ether oxygens (including phenoxy) is 1. The van der Waals surface area contributed by atoms with Crippen LogP contribution in [0.25, 0.3) is 0 Å². The average Bonchev–Trinajstić information content (AvgIpc) is 3.49. The molecular weight excluding hydrogens is 623 g/mol. The van der Waals surface area contributed by atoms with Crippen LogP contribution in [0.4, 0.5) is 15.3 Å². The number of urea groups is 1. The van der Waals surface area contributed by atoms with E-state index in [1.807, 2.05) is 16.3 Å². The van der Waals surface area contributed by atoms with Gasteiger partial charge in [-0.2, -0.15) is 0 Å². The number of rotatable bonds is 7. The number of amides is 3. The van der Waals surface area contributed by atoms with E-state index in [1.54, 1.807) is 34.4 Å². The number of hydrogen-bond donors (Lipinski definition) is 1. The Morgan fingerprint density at radius 3 is 2.52 bits per heavy atom. The molecule has 4 aliphatic rings. The molecule has 0 radical (unpaired) electrons. The second kappa shape index (κ2) is 13.5. The van der Waals surface area contributed by atoms with Crippen molar-refractivity contribution in [1.29, 1.82) is 0 Å². The van der Waals surface area contributed by atoms with Crippen LogP contribution in [-0.4, -0.2) is 114 Å². The van der Waals surface area contributed by atoms with Gasteiger partial charge in [0.05, 0.1) is 22.3 Å². The zero-order chi connectivity index (χ0) is 30.8. The summed E-state index contributed by atoms with van der Waals surface area (Å²) in [5.41, 5.74) is 0.685. The number of carbonyl (C=O) groups excluding carboxylic acids is 3. The summed E-state index contributed by atoms with van der Waals surface area (Å²) in [5, 5.41) is 5.85. The van der Waals surface area contributed by atoms with Crippen molar-refractivity contribution in [3.63, 3.8) is 0 Å². The molecule has 2 aromatic rings. The lowest BCUT2D eigenvalue weighted by atomic mass is 9.85. The summed E-state index contributed by atoms with van der Waals surface area (Å²) in [6.07, 6.45) is 3.94. The van der Waals surface area contributed by atoms with Crippen LogP contribution in [0.3, 0.4) is 0 Å². The topological polar surface area (TPSA) is 88.7 Å². The fourth-order valence-corrected chi connectivity index (χ4v) is 8.51. The highest BCUT2D eigenvalue weighted by molar-refractivity contribution is 7.10. The molecule has 1 N–H and O–H groups in total. The lowest BCUT2D eigenvalue weighted by Crippen LogP contribution is -2.71. The third-order valence-corrected chi connectivity index (χ3v) is 11.5. The molecule has 10 nitrogen and oxygen atoms in total. The Labute approximate surface area is 272 Å². The minimum absolute atomic E-state index is 0.0341. The number of fused-ring (bicyclic) bond motifs is 1. The Kier molecular flexibility index (Phi) is 9.70. The average molecular weight is 664 g/mol. The SMILES string of the molecule is CN1CCC(N2CCN([C@]3(CC=O)C[C@H](N4Cc5sccc5NC4=O)CCN3C(=O)OCc3ccc(Cl)c(Cl)c3)CC2)CC1. The molecule has 0 unspecified atom stereocenters. The van der Waals surface area contributed by atoms with Gasteiger partial charge in [0.2, 0.25) is 0 Å². The summed E-state index contributed by atoms with van der Waals surface area (Å²) in [6.45, 7) is 6.32. The van der Waals surface area contributed by atoms with E-state index in [0.717, 1.165) is 74.5 Å². The number of thiophene rings is 1. The molecule has 3 saturated heterocycles. The summed E-state index contributed by atoms with van der Waals surface area (Å²) >= 11 is 13.9. The second-order valence-electron chi connectivity index (χ2n) is 12.3. The largest absolute Gasteiger partial charge is 0.444 e. The zero-order valence-electron chi connectivity index (χ0n) is 25.1. The van der Waals surface area contributed by atoms with Crippen LogP contribution in [-0.2, 0) is 22.7 Å². The Morgan fingerprint density at radius 1 is 1.05 bits per heavy atom. The molecule has 238 valence electrons. The van der Waals surface area contributed by atoms with Crippen molar-refractivity contribution in [2.24, 2.45) is 0 Å². The summed E-state index contributed by atoms with van der Waals surface area (Å²) in [6, 6.07) is 7.36. The fraction of sp³-hybridized carbons (Fsp3) is 0.581. The fourth-order valence-electron chi connectivity index (χ4n) is 7.36. The third kappa shape index (κ3) is 6.45. The molecule has 2 atom stereocenters. The number of aldehydes is 1. The van der Waals surface area contributed by atoms with Gasteiger partial charge in [0.25, 0.3) is 0 Å². The maximum absolute atomic E-state index is 13.9. The summed E-state index contributed by atoms with van der Waals surface area (Å²) in [7, 11) is 2.17. The first-order valence-corrected chi connectivity index (χ1v) is 17.0. The van der Waals surface area contributed by atoms with E-state index in [4.69, 9.17) is 27.9 Å². The number of benzene rings is 1. The summed E-state index contributed by atoms with van der Waals surface area (Å²) in [4.78, 5) is 51.6. The predicted octanol–water partition coefficient (Wildman–Crippen LogP) is 5.20. The van der Waals surface area contributed by atoms with E-state index in [-0.39, 0.29) is 25.1 Å². The first kappa shape index (κ1) is 31.6. The monoisotopic (exact) mass is 662 g/mol. The van der Waals surface area contributed by atoms with E-state index < -0.39 is 11.8 Å². The molecule has 5 heterocycles. The molecule has 3 amide bonds. The van der Waals surface area contributed by atoms with Crippen molar-refractivity contribution in [2.75, 3.05) is 58.2 Å². The third-order valence-electron chi connectivity index (χ3n) is 9.84. The van der Waals surface area contributed by atoms with Crippen LogP contribution in [0.5, 0.6) is 0 Å². The van der Waals surface area contributed by atoms with Crippen LogP contribution < -0.4 is 5.32 Å². The number of anilines is 1. The molecule has 3 fully saturated rings. The molecule has 1 aromatic carbocycles. The van der Waals surface area contributed by atoms with Gasteiger partial charge in [0.15, 0.2) is 0 Å².